The fourth-order valence-corrected chi connectivity index (χ4v) is 7.15. The van der Waals surface area contributed by atoms with Gasteiger partial charge in [-0.2, -0.15) is 0 Å². The summed E-state index contributed by atoms with van der Waals surface area (Å²) in [5.74, 6) is 1.07. The molecule has 6 heteroatoms. The number of H-pyrrole nitrogens is 1. The number of fused-ring (bicyclic) bond motifs is 2. The third kappa shape index (κ3) is 3.52. The first-order valence-corrected chi connectivity index (χ1v) is 14.0. The summed E-state index contributed by atoms with van der Waals surface area (Å²) in [7, 11) is -0.300. The van der Waals surface area contributed by atoms with Gasteiger partial charge in [0.2, 0.25) is 0 Å². The van der Waals surface area contributed by atoms with Gasteiger partial charge in [-0.05, 0) is 118 Å². The van der Waals surface area contributed by atoms with Crippen LogP contribution in [-0.4, -0.2) is 34.8 Å². The largest absolute Gasteiger partial charge is 0.495 e. The van der Waals surface area contributed by atoms with Gasteiger partial charge in [0.05, 0.1) is 28.3 Å². The van der Waals surface area contributed by atoms with E-state index in [0.717, 1.165) is 36.2 Å². The second kappa shape index (κ2) is 7.93. The Hall–Kier alpha value is -2.15. The van der Waals surface area contributed by atoms with Crippen LogP contribution in [0.1, 0.15) is 89.2 Å². The second-order valence-corrected chi connectivity index (χ2v) is 12.8. The molecule has 7 rings (SSSR count). The van der Waals surface area contributed by atoms with E-state index < -0.39 is 0 Å². The Morgan fingerprint density at radius 1 is 0.917 bits per heavy atom. The number of imidazole rings is 1. The predicted molar refractivity (Wildman–Crippen MR) is 146 cm³/mol. The Kier molecular flexibility index (Phi) is 5.07. The summed E-state index contributed by atoms with van der Waals surface area (Å²) in [6.07, 6.45) is 10.1. The van der Waals surface area contributed by atoms with Gasteiger partial charge in [0.1, 0.15) is 5.82 Å². The van der Waals surface area contributed by atoms with Crippen LogP contribution in [0.15, 0.2) is 30.3 Å². The molecule has 188 valence electrons. The van der Waals surface area contributed by atoms with E-state index in [1.165, 1.54) is 66.2 Å². The van der Waals surface area contributed by atoms with Crippen molar-refractivity contribution in [2.75, 3.05) is 6.54 Å². The molecule has 0 amide bonds. The van der Waals surface area contributed by atoms with Crippen molar-refractivity contribution >= 4 is 23.6 Å². The van der Waals surface area contributed by atoms with Gasteiger partial charge in [0, 0.05) is 0 Å². The summed E-state index contributed by atoms with van der Waals surface area (Å²) in [6.45, 7) is 9.67. The SMILES string of the molecule is CC1(C)OB(c2ccc(-c3ccc4nc([C@@H]5CCCN5)[nH]c4c3)c3c2CC2(CCCC2)C3)OC1(C)C. The Labute approximate surface area is 214 Å². The summed E-state index contributed by atoms with van der Waals surface area (Å²) in [5, 5.41) is 3.57. The number of nitrogens with zero attached hydrogens (tertiary/aromatic N) is 1. The molecule has 2 N–H and O–H groups in total. The molecular weight excluding hydrogens is 445 g/mol. The molecule has 2 aliphatic heterocycles. The third-order valence-corrected chi connectivity index (χ3v) is 9.94. The van der Waals surface area contributed by atoms with Crippen LogP contribution in [0.4, 0.5) is 0 Å². The molecule has 3 fully saturated rings. The van der Waals surface area contributed by atoms with Crippen molar-refractivity contribution < 1.29 is 9.31 Å². The fourth-order valence-electron chi connectivity index (χ4n) is 7.15. The monoisotopic (exact) mass is 483 g/mol. The number of hydrogen-bond donors (Lipinski definition) is 2. The normalized spacial score (nSPS) is 25.9. The minimum absolute atomic E-state index is 0.300. The van der Waals surface area contributed by atoms with E-state index in [1.54, 1.807) is 0 Å². The molecular formula is C30H38BN3O2. The third-order valence-electron chi connectivity index (χ3n) is 9.94. The lowest BCUT2D eigenvalue weighted by molar-refractivity contribution is 0.00578. The average molecular weight is 483 g/mol. The van der Waals surface area contributed by atoms with Crippen LogP contribution in [0.3, 0.4) is 0 Å². The van der Waals surface area contributed by atoms with Gasteiger partial charge in [0.25, 0.3) is 0 Å². The van der Waals surface area contributed by atoms with E-state index in [0.29, 0.717) is 11.5 Å². The molecule has 1 saturated carbocycles. The number of aromatic amines is 1. The molecule has 2 aliphatic carbocycles. The summed E-state index contributed by atoms with van der Waals surface area (Å²) in [5.41, 5.74) is 8.83. The standard InChI is InChI=1S/C30H38BN3O2/c1-28(2)29(3,4)36-31(35-28)23-11-10-20(21-17-30(18-22(21)23)13-5-6-14-30)19-9-12-24-26(16-19)34-27(33-24)25-8-7-15-32-25/h9-12,16,25,32H,5-8,13-15,17-18H2,1-4H3,(H,33,34)/t25-/m0/s1. The summed E-state index contributed by atoms with van der Waals surface area (Å²) < 4.78 is 13.1. The van der Waals surface area contributed by atoms with Crippen molar-refractivity contribution in [3.63, 3.8) is 0 Å². The highest BCUT2D eigenvalue weighted by Gasteiger charge is 2.53. The molecule has 3 aromatic rings. The van der Waals surface area contributed by atoms with Crippen LogP contribution in [-0.2, 0) is 22.2 Å². The highest BCUT2D eigenvalue weighted by molar-refractivity contribution is 6.62. The minimum atomic E-state index is -0.329. The number of nitrogens with one attached hydrogen (secondary N) is 2. The molecule has 5 nitrogen and oxygen atoms in total. The molecule has 0 bridgehead atoms. The average Bonchev–Trinajstić information content (AvgIpc) is 3.64. The molecule has 1 aromatic heterocycles. The van der Waals surface area contributed by atoms with Crippen molar-refractivity contribution in [2.45, 2.75) is 96.3 Å². The summed E-state index contributed by atoms with van der Waals surface area (Å²) in [4.78, 5) is 8.53. The molecule has 3 heterocycles. The van der Waals surface area contributed by atoms with Crippen molar-refractivity contribution in [1.29, 1.82) is 0 Å². The van der Waals surface area contributed by atoms with E-state index in [1.807, 2.05) is 0 Å². The maximum Gasteiger partial charge on any atom is 0.495 e. The van der Waals surface area contributed by atoms with Gasteiger partial charge >= 0.3 is 7.12 Å². The smallest absolute Gasteiger partial charge is 0.399 e. The zero-order valence-corrected chi connectivity index (χ0v) is 22.2. The van der Waals surface area contributed by atoms with Gasteiger partial charge in [0.15, 0.2) is 0 Å². The molecule has 4 aliphatic rings. The predicted octanol–water partition coefficient (Wildman–Crippen LogP) is 5.61. The van der Waals surface area contributed by atoms with Gasteiger partial charge in [-0.1, -0.05) is 31.0 Å². The number of benzene rings is 2. The maximum atomic E-state index is 6.54. The highest BCUT2D eigenvalue weighted by atomic mass is 16.7. The van der Waals surface area contributed by atoms with Crippen LogP contribution >= 0.6 is 0 Å². The lowest BCUT2D eigenvalue weighted by Gasteiger charge is -2.32. The summed E-state index contributed by atoms with van der Waals surface area (Å²) in [6, 6.07) is 11.7. The highest BCUT2D eigenvalue weighted by Crippen LogP contribution is 2.51. The van der Waals surface area contributed by atoms with Crippen LogP contribution in [0.25, 0.3) is 22.2 Å². The minimum Gasteiger partial charge on any atom is -0.399 e. The van der Waals surface area contributed by atoms with Crippen molar-refractivity contribution in [3.8, 4) is 11.1 Å². The van der Waals surface area contributed by atoms with Crippen molar-refractivity contribution in [3.05, 3.63) is 47.3 Å². The molecule has 1 spiro atoms. The molecule has 0 radical (unpaired) electrons. The van der Waals surface area contributed by atoms with E-state index >= 15 is 0 Å². The molecule has 1 atom stereocenters. The lowest BCUT2D eigenvalue weighted by Crippen LogP contribution is -2.41. The molecule has 0 unspecified atom stereocenters. The quantitative estimate of drug-likeness (QED) is 0.476. The van der Waals surface area contributed by atoms with Crippen LogP contribution < -0.4 is 10.8 Å². The number of rotatable bonds is 3. The van der Waals surface area contributed by atoms with Gasteiger partial charge < -0.3 is 19.6 Å². The Morgan fingerprint density at radius 3 is 2.39 bits per heavy atom. The zero-order chi connectivity index (χ0) is 24.7. The maximum absolute atomic E-state index is 6.54. The van der Waals surface area contributed by atoms with Crippen LogP contribution in [0.5, 0.6) is 0 Å². The van der Waals surface area contributed by atoms with E-state index in [2.05, 4.69) is 68.3 Å². The Morgan fingerprint density at radius 2 is 1.67 bits per heavy atom. The number of hydrogen-bond acceptors (Lipinski definition) is 4. The van der Waals surface area contributed by atoms with Crippen LogP contribution in [0.2, 0.25) is 0 Å². The van der Waals surface area contributed by atoms with Gasteiger partial charge in [-0.15, -0.1) is 0 Å². The first-order valence-electron chi connectivity index (χ1n) is 14.0. The zero-order valence-electron chi connectivity index (χ0n) is 22.2. The van der Waals surface area contributed by atoms with E-state index in [4.69, 9.17) is 14.3 Å². The van der Waals surface area contributed by atoms with Gasteiger partial charge in [-0.25, -0.2) is 4.98 Å². The molecule has 2 saturated heterocycles. The first kappa shape index (κ1) is 23.0. The Balaban J connectivity index is 1.30. The topological polar surface area (TPSA) is 59.2 Å². The van der Waals surface area contributed by atoms with Gasteiger partial charge in [-0.3, -0.25) is 0 Å². The van der Waals surface area contributed by atoms with E-state index in [9.17, 15) is 0 Å². The molecule has 2 aromatic carbocycles. The first-order chi connectivity index (χ1) is 17.2. The lowest BCUT2D eigenvalue weighted by atomic mass is 9.73. The van der Waals surface area contributed by atoms with Crippen molar-refractivity contribution in [2.24, 2.45) is 5.41 Å². The second-order valence-electron chi connectivity index (χ2n) is 12.8. The van der Waals surface area contributed by atoms with Crippen molar-refractivity contribution in [1.82, 2.24) is 15.3 Å². The van der Waals surface area contributed by atoms with E-state index in [-0.39, 0.29) is 18.3 Å². The number of aromatic nitrogens is 2. The van der Waals surface area contributed by atoms with Crippen LogP contribution in [0, 0.1) is 5.41 Å². The molecule has 36 heavy (non-hydrogen) atoms. The summed E-state index contributed by atoms with van der Waals surface area (Å²) >= 11 is 0. The Bertz CT molecular complexity index is 1320. The fraction of sp³-hybridized carbons (Fsp3) is 0.567.